The first-order valence-corrected chi connectivity index (χ1v) is 20.6. The van der Waals surface area contributed by atoms with Gasteiger partial charge in [0.15, 0.2) is 0 Å². The molecule has 0 fully saturated rings. The third kappa shape index (κ3) is 12.1. The fourth-order valence-corrected chi connectivity index (χ4v) is 7.51. The summed E-state index contributed by atoms with van der Waals surface area (Å²) >= 11 is 0. The Morgan fingerprint density at radius 1 is 0.475 bits per heavy atom. The predicted octanol–water partition coefficient (Wildman–Crippen LogP) is 3.85. The van der Waals surface area contributed by atoms with Crippen molar-refractivity contribution in [1.82, 2.24) is 21.3 Å². The standard InChI is InChI=1S/C46H54N4O11/c51-27-41(49-45(55)60-29-39-35-15-5-1-11-31(35)32-12-2-6-16-36(32)39)43(53)47-19-9-21-57-23-25-59-26-24-58-22-10-20-48-44(54)42(28-52)50-46(56)61-30-40-37-17-7-3-13-33(37)34-14-4-8-18-38(34)40/h1-8,11-18,39-42,51-52H,9-10,19-30H2,(H,47,53)(H,48,54)(H,49,55)(H,50,56). The minimum absolute atomic E-state index is 0.0949. The highest BCUT2D eigenvalue weighted by Gasteiger charge is 2.31. The number of aliphatic hydroxyl groups is 2. The molecule has 0 radical (unpaired) electrons. The third-order valence-electron chi connectivity index (χ3n) is 10.5. The molecule has 6 rings (SSSR count). The first kappa shape index (κ1) is 44.7. The second kappa shape index (κ2) is 23.2. The van der Waals surface area contributed by atoms with Crippen LogP contribution in [-0.4, -0.2) is 125 Å². The Kier molecular flexibility index (Phi) is 17.0. The van der Waals surface area contributed by atoms with Gasteiger partial charge in [-0.15, -0.1) is 0 Å². The molecule has 324 valence electrons. The van der Waals surface area contributed by atoms with Crippen LogP contribution < -0.4 is 21.3 Å². The number of alkyl carbamates (subject to hydrolysis) is 2. The normalized spacial score (nSPS) is 13.5. The summed E-state index contributed by atoms with van der Waals surface area (Å²) in [4.78, 5) is 50.3. The quantitative estimate of drug-likeness (QED) is 0.0560. The topological polar surface area (TPSA) is 203 Å². The summed E-state index contributed by atoms with van der Waals surface area (Å²) in [6.07, 6.45) is -0.548. The molecule has 2 aliphatic carbocycles. The maximum Gasteiger partial charge on any atom is 0.407 e. The highest BCUT2D eigenvalue weighted by molar-refractivity contribution is 5.87. The first-order chi connectivity index (χ1) is 29.9. The van der Waals surface area contributed by atoms with Crippen molar-refractivity contribution >= 4 is 24.0 Å². The molecule has 4 aromatic rings. The number of carbonyl (C=O) groups excluding carboxylic acids is 4. The smallest absolute Gasteiger partial charge is 0.407 e. The number of hydrogen-bond donors (Lipinski definition) is 6. The van der Waals surface area contributed by atoms with Crippen LogP contribution in [0.5, 0.6) is 0 Å². The van der Waals surface area contributed by atoms with Gasteiger partial charge in [0.25, 0.3) is 0 Å². The molecule has 2 unspecified atom stereocenters. The van der Waals surface area contributed by atoms with Gasteiger partial charge in [0.05, 0.1) is 39.6 Å². The highest BCUT2D eigenvalue weighted by atomic mass is 16.6. The van der Waals surface area contributed by atoms with Crippen molar-refractivity contribution < 1.29 is 53.1 Å². The lowest BCUT2D eigenvalue weighted by Gasteiger charge is -2.18. The molecule has 0 aliphatic heterocycles. The fraction of sp³-hybridized carbons (Fsp3) is 0.391. The molecule has 0 aromatic heterocycles. The summed E-state index contributed by atoms with van der Waals surface area (Å²) in [6, 6.07) is 29.6. The molecular formula is C46H54N4O11. The molecule has 61 heavy (non-hydrogen) atoms. The van der Waals surface area contributed by atoms with E-state index in [0.717, 1.165) is 44.5 Å². The highest BCUT2D eigenvalue weighted by Crippen LogP contribution is 2.45. The third-order valence-corrected chi connectivity index (χ3v) is 10.5. The number of nitrogens with one attached hydrogen (secondary N) is 4. The first-order valence-electron chi connectivity index (χ1n) is 20.6. The maximum absolute atomic E-state index is 12.6. The van der Waals surface area contributed by atoms with Crippen molar-refractivity contribution in [3.63, 3.8) is 0 Å². The number of benzene rings is 4. The monoisotopic (exact) mass is 838 g/mol. The van der Waals surface area contributed by atoms with Gasteiger partial charge >= 0.3 is 12.2 Å². The molecule has 0 saturated carbocycles. The second-order valence-electron chi connectivity index (χ2n) is 14.5. The summed E-state index contributed by atoms with van der Waals surface area (Å²) in [7, 11) is 0. The Balaban J connectivity index is 0.734. The lowest BCUT2D eigenvalue weighted by atomic mass is 9.98. The van der Waals surface area contributed by atoms with Gasteiger partial charge in [0.2, 0.25) is 11.8 Å². The fourth-order valence-electron chi connectivity index (χ4n) is 7.51. The van der Waals surface area contributed by atoms with Gasteiger partial charge < -0.3 is 55.2 Å². The van der Waals surface area contributed by atoms with Crippen molar-refractivity contribution in [2.45, 2.75) is 36.8 Å². The number of fused-ring (bicyclic) bond motifs is 6. The second-order valence-corrected chi connectivity index (χ2v) is 14.5. The van der Waals surface area contributed by atoms with Gasteiger partial charge in [-0.2, -0.15) is 0 Å². The van der Waals surface area contributed by atoms with Crippen LogP contribution in [0.25, 0.3) is 22.3 Å². The number of carbonyl (C=O) groups is 4. The van der Waals surface area contributed by atoms with E-state index < -0.39 is 49.3 Å². The molecular weight excluding hydrogens is 785 g/mol. The van der Waals surface area contributed by atoms with E-state index in [0.29, 0.717) is 52.5 Å². The molecule has 2 atom stereocenters. The Morgan fingerprint density at radius 2 is 0.787 bits per heavy atom. The number of amides is 4. The average molecular weight is 839 g/mol. The van der Waals surface area contributed by atoms with Crippen molar-refractivity contribution in [2.75, 3.05) is 79.2 Å². The van der Waals surface area contributed by atoms with E-state index in [9.17, 15) is 29.4 Å². The molecule has 0 bridgehead atoms. The van der Waals surface area contributed by atoms with Crippen molar-refractivity contribution in [3.8, 4) is 22.3 Å². The molecule has 6 N–H and O–H groups in total. The molecule has 4 amide bonds. The van der Waals surface area contributed by atoms with E-state index in [-0.39, 0.29) is 38.1 Å². The van der Waals surface area contributed by atoms with Gasteiger partial charge in [-0.3, -0.25) is 9.59 Å². The van der Waals surface area contributed by atoms with Gasteiger partial charge in [-0.1, -0.05) is 97.1 Å². The molecule has 0 spiro atoms. The van der Waals surface area contributed by atoms with Crippen LogP contribution in [0.1, 0.15) is 46.9 Å². The largest absolute Gasteiger partial charge is 0.449 e. The van der Waals surface area contributed by atoms with Crippen LogP contribution in [0.4, 0.5) is 9.59 Å². The molecule has 2 aliphatic rings. The number of hydrogen-bond acceptors (Lipinski definition) is 11. The number of aliphatic hydroxyl groups excluding tert-OH is 2. The van der Waals surface area contributed by atoms with Gasteiger partial charge in [-0.25, -0.2) is 9.59 Å². The number of rotatable bonds is 24. The van der Waals surface area contributed by atoms with E-state index in [4.69, 9.17) is 23.7 Å². The number of ether oxygens (including phenoxy) is 5. The van der Waals surface area contributed by atoms with Crippen LogP contribution in [0.3, 0.4) is 0 Å². The zero-order chi connectivity index (χ0) is 42.8. The van der Waals surface area contributed by atoms with Crippen LogP contribution >= 0.6 is 0 Å². The molecule has 15 nitrogen and oxygen atoms in total. The van der Waals surface area contributed by atoms with Gasteiger partial charge in [0.1, 0.15) is 25.3 Å². The van der Waals surface area contributed by atoms with Crippen LogP contribution in [0.15, 0.2) is 97.1 Å². The van der Waals surface area contributed by atoms with Crippen LogP contribution in [-0.2, 0) is 33.3 Å². The van der Waals surface area contributed by atoms with Crippen molar-refractivity contribution in [2.24, 2.45) is 0 Å². The van der Waals surface area contributed by atoms with E-state index >= 15 is 0 Å². The van der Waals surface area contributed by atoms with E-state index in [1.807, 2.05) is 97.1 Å². The van der Waals surface area contributed by atoms with Crippen molar-refractivity contribution in [1.29, 1.82) is 0 Å². The van der Waals surface area contributed by atoms with Crippen LogP contribution in [0, 0.1) is 0 Å². The lowest BCUT2D eigenvalue weighted by molar-refractivity contribution is -0.124. The van der Waals surface area contributed by atoms with Crippen LogP contribution in [0.2, 0.25) is 0 Å². The summed E-state index contributed by atoms with van der Waals surface area (Å²) in [5.41, 5.74) is 8.72. The lowest BCUT2D eigenvalue weighted by Crippen LogP contribution is -2.49. The Hall–Kier alpha value is -5.84. The summed E-state index contributed by atoms with van der Waals surface area (Å²) in [5, 5.41) is 29.7. The van der Waals surface area contributed by atoms with E-state index in [2.05, 4.69) is 21.3 Å². The molecule has 4 aromatic carbocycles. The maximum atomic E-state index is 12.6. The zero-order valence-electron chi connectivity index (χ0n) is 34.0. The SMILES string of the molecule is O=C(NC(CO)C(=O)NCCCOCCOCCOCCCNC(=O)C(CO)NC(=O)OCC1c2ccccc2-c2ccccc21)OCC1c2ccccc2-c2ccccc21. The van der Waals surface area contributed by atoms with Gasteiger partial charge in [0, 0.05) is 38.1 Å². The zero-order valence-corrected chi connectivity index (χ0v) is 34.0. The Labute approximate surface area is 355 Å². The molecule has 15 heteroatoms. The predicted molar refractivity (Wildman–Crippen MR) is 226 cm³/mol. The minimum atomic E-state index is -1.16. The van der Waals surface area contributed by atoms with E-state index in [1.54, 1.807) is 0 Å². The molecule has 0 heterocycles. The van der Waals surface area contributed by atoms with Gasteiger partial charge in [-0.05, 0) is 57.3 Å². The Bertz CT molecular complexity index is 1840. The minimum Gasteiger partial charge on any atom is -0.449 e. The van der Waals surface area contributed by atoms with Crippen molar-refractivity contribution in [3.05, 3.63) is 119 Å². The van der Waals surface area contributed by atoms with E-state index in [1.165, 1.54) is 0 Å². The summed E-state index contributed by atoms with van der Waals surface area (Å²) in [5.74, 6) is -1.30. The molecule has 0 saturated heterocycles. The average Bonchev–Trinajstić information content (AvgIpc) is 3.79. The Morgan fingerprint density at radius 3 is 1.11 bits per heavy atom. The summed E-state index contributed by atoms with van der Waals surface area (Å²) in [6.45, 7) is 1.72. The summed E-state index contributed by atoms with van der Waals surface area (Å²) < 4.78 is 27.6.